The van der Waals surface area contributed by atoms with Crippen LogP contribution in [0.4, 0.5) is 5.69 Å². The Hall–Kier alpha value is -1.07. The highest BCUT2D eigenvalue weighted by Crippen LogP contribution is 2.22. The molecule has 112 valence electrons. The second-order valence-electron chi connectivity index (χ2n) is 5.17. The molecule has 0 saturated carbocycles. The van der Waals surface area contributed by atoms with Gasteiger partial charge in [0.1, 0.15) is 5.75 Å². The van der Waals surface area contributed by atoms with Crippen LogP contribution in [0, 0.1) is 5.92 Å². The van der Waals surface area contributed by atoms with Crippen LogP contribution in [0.3, 0.4) is 0 Å². The molecule has 1 aromatic carbocycles. The number of nitrogens with zero attached hydrogens (tertiary/aromatic N) is 1. The van der Waals surface area contributed by atoms with Crippen LogP contribution in [0.5, 0.6) is 5.75 Å². The summed E-state index contributed by atoms with van der Waals surface area (Å²) in [4.78, 5) is 4.39. The zero-order valence-electron chi connectivity index (χ0n) is 12.1. The van der Waals surface area contributed by atoms with Gasteiger partial charge in [-0.15, -0.1) is 0 Å². The van der Waals surface area contributed by atoms with Crippen molar-refractivity contribution in [2.24, 2.45) is 5.92 Å². The van der Waals surface area contributed by atoms with Crippen LogP contribution in [0.2, 0.25) is 0 Å². The second kappa shape index (κ2) is 7.80. The molecule has 1 aromatic heterocycles. The molecule has 3 nitrogen and oxygen atoms in total. The van der Waals surface area contributed by atoms with E-state index in [4.69, 9.17) is 4.74 Å². The highest BCUT2D eigenvalue weighted by molar-refractivity contribution is 9.11. The van der Waals surface area contributed by atoms with E-state index in [1.165, 1.54) is 0 Å². The molecule has 0 radical (unpaired) electrons. The molecule has 0 aliphatic carbocycles. The van der Waals surface area contributed by atoms with Crippen LogP contribution in [-0.2, 0) is 6.54 Å². The van der Waals surface area contributed by atoms with E-state index in [1.807, 2.05) is 30.3 Å². The third-order valence-corrected chi connectivity index (χ3v) is 3.88. The number of anilines is 1. The Morgan fingerprint density at radius 1 is 1.24 bits per heavy atom. The number of pyridine rings is 1. The molecule has 5 heteroatoms. The van der Waals surface area contributed by atoms with E-state index in [0.29, 0.717) is 12.5 Å². The van der Waals surface area contributed by atoms with Gasteiger partial charge >= 0.3 is 0 Å². The molecule has 2 aromatic rings. The lowest BCUT2D eigenvalue weighted by molar-refractivity contribution is 0.271. The standard InChI is InChI=1S/C16H18Br2N2O/c1-11(2)10-21-14-5-3-4-13(7-14)19-9-16-15(18)6-12(17)8-20-16/h3-8,11,19H,9-10H2,1-2H3. The molecule has 0 spiro atoms. The highest BCUT2D eigenvalue weighted by Gasteiger charge is 2.03. The quantitative estimate of drug-likeness (QED) is 0.701. The van der Waals surface area contributed by atoms with Gasteiger partial charge < -0.3 is 10.1 Å². The highest BCUT2D eigenvalue weighted by atomic mass is 79.9. The smallest absolute Gasteiger partial charge is 0.121 e. The van der Waals surface area contributed by atoms with E-state index in [1.54, 1.807) is 6.20 Å². The molecule has 0 saturated heterocycles. The lowest BCUT2D eigenvalue weighted by Crippen LogP contribution is -2.05. The van der Waals surface area contributed by atoms with E-state index >= 15 is 0 Å². The third-order valence-electron chi connectivity index (χ3n) is 2.76. The number of aromatic nitrogens is 1. The van der Waals surface area contributed by atoms with Gasteiger partial charge in [0.05, 0.1) is 18.8 Å². The Labute approximate surface area is 142 Å². The van der Waals surface area contributed by atoms with Crippen LogP contribution >= 0.6 is 31.9 Å². The fraction of sp³-hybridized carbons (Fsp3) is 0.312. The maximum atomic E-state index is 5.73. The van der Waals surface area contributed by atoms with Crippen LogP contribution < -0.4 is 10.1 Å². The van der Waals surface area contributed by atoms with Crippen molar-refractivity contribution in [1.29, 1.82) is 0 Å². The molecule has 2 rings (SSSR count). The van der Waals surface area contributed by atoms with E-state index < -0.39 is 0 Å². The third kappa shape index (κ3) is 5.32. The van der Waals surface area contributed by atoms with Crippen molar-refractivity contribution >= 4 is 37.5 Å². The summed E-state index contributed by atoms with van der Waals surface area (Å²) in [6.45, 7) is 5.66. The first-order chi connectivity index (χ1) is 10.0. The predicted octanol–water partition coefficient (Wildman–Crippen LogP) is 5.25. The van der Waals surface area contributed by atoms with Crippen LogP contribution in [0.15, 0.2) is 45.5 Å². The summed E-state index contributed by atoms with van der Waals surface area (Å²) in [5.41, 5.74) is 1.99. The van der Waals surface area contributed by atoms with Crippen molar-refractivity contribution in [3.05, 3.63) is 51.2 Å². The van der Waals surface area contributed by atoms with Crippen molar-refractivity contribution in [1.82, 2.24) is 4.98 Å². The Balaban J connectivity index is 1.98. The number of benzene rings is 1. The number of rotatable bonds is 6. The number of nitrogens with one attached hydrogen (secondary N) is 1. The number of hydrogen-bond acceptors (Lipinski definition) is 3. The van der Waals surface area contributed by atoms with E-state index in [0.717, 1.165) is 32.7 Å². The van der Waals surface area contributed by atoms with Crippen LogP contribution in [0.25, 0.3) is 0 Å². The minimum atomic E-state index is 0.518. The summed E-state index contributed by atoms with van der Waals surface area (Å²) in [7, 11) is 0. The minimum absolute atomic E-state index is 0.518. The summed E-state index contributed by atoms with van der Waals surface area (Å²) in [5, 5.41) is 3.36. The molecule has 21 heavy (non-hydrogen) atoms. The van der Waals surface area contributed by atoms with E-state index in [2.05, 4.69) is 56.0 Å². The molecule has 0 aliphatic rings. The summed E-state index contributed by atoms with van der Waals surface area (Å²) < 4.78 is 7.67. The fourth-order valence-corrected chi connectivity index (χ4v) is 2.85. The van der Waals surface area contributed by atoms with Gasteiger partial charge in [-0.05, 0) is 56.0 Å². The average Bonchev–Trinajstić information content (AvgIpc) is 2.45. The normalized spacial score (nSPS) is 10.7. The molecule has 1 heterocycles. The predicted molar refractivity (Wildman–Crippen MR) is 93.7 cm³/mol. The first-order valence-electron chi connectivity index (χ1n) is 6.81. The van der Waals surface area contributed by atoms with Crippen LogP contribution in [0.1, 0.15) is 19.5 Å². The first-order valence-corrected chi connectivity index (χ1v) is 8.40. The topological polar surface area (TPSA) is 34.1 Å². The second-order valence-corrected chi connectivity index (χ2v) is 6.94. The largest absolute Gasteiger partial charge is 0.493 e. The van der Waals surface area contributed by atoms with Crippen molar-refractivity contribution < 1.29 is 4.74 Å². The summed E-state index contributed by atoms with van der Waals surface area (Å²) in [5.74, 6) is 1.40. The van der Waals surface area contributed by atoms with Crippen molar-refractivity contribution in [3.63, 3.8) is 0 Å². The zero-order chi connectivity index (χ0) is 15.2. The molecule has 0 bridgehead atoms. The Bertz CT molecular complexity index is 603. The summed E-state index contributed by atoms with van der Waals surface area (Å²) >= 11 is 6.92. The average molecular weight is 414 g/mol. The number of ether oxygens (including phenoxy) is 1. The Kier molecular flexibility index (Phi) is 6.06. The lowest BCUT2D eigenvalue weighted by Gasteiger charge is -2.11. The lowest BCUT2D eigenvalue weighted by atomic mass is 10.2. The van der Waals surface area contributed by atoms with Crippen molar-refractivity contribution in [2.45, 2.75) is 20.4 Å². The minimum Gasteiger partial charge on any atom is -0.493 e. The molecule has 0 amide bonds. The fourth-order valence-electron chi connectivity index (χ4n) is 1.72. The molecular formula is C16H18Br2N2O. The molecule has 0 atom stereocenters. The molecule has 0 aliphatic heterocycles. The number of hydrogen-bond donors (Lipinski definition) is 1. The van der Waals surface area contributed by atoms with Gasteiger partial charge in [-0.3, -0.25) is 4.98 Å². The summed E-state index contributed by atoms with van der Waals surface area (Å²) in [6.07, 6.45) is 1.80. The van der Waals surface area contributed by atoms with E-state index in [9.17, 15) is 0 Å². The van der Waals surface area contributed by atoms with Gasteiger partial charge in [0, 0.05) is 26.9 Å². The Morgan fingerprint density at radius 2 is 2.05 bits per heavy atom. The van der Waals surface area contributed by atoms with Gasteiger partial charge in [0.2, 0.25) is 0 Å². The maximum Gasteiger partial charge on any atom is 0.121 e. The zero-order valence-corrected chi connectivity index (χ0v) is 15.2. The molecule has 0 fully saturated rings. The SMILES string of the molecule is CC(C)COc1cccc(NCc2ncc(Br)cc2Br)c1. The molecule has 1 N–H and O–H groups in total. The van der Waals surface area contributed by atoms with E-state index in [-0.39, 0.29) is 0 Å². The molecular weight excluding hydrogens is 396 g/mol. The van der Waals surface area contributed by atoms with Gasteiger partial charge in [0.25, 0.3) is 0 Å². The van der Waals surface area contributed by atoms with Gasteiger partial charge in [-0.25, -0.2) is 0 Å². The first kappa shape index (κ1) is 16.3. The van der Waals surface area contributed by atoms with Crippen LogP contribution in [-0.4, -0.2) is 11.6 Å². The Morgan fingerprint density at radius 3 is 2.76 bits per heavy atom. The molecule has 0 unspecified atom stereocenters. The van der Waals surface area contributed by atoms with Gasteiger partial charge in [-0.2, -0.15) is 0 Å². The van der Waals surface area contributed by atoms with Gasteiger partial charge in [0.15, 0.2) is 0 Å². The maximum absolute atomic E-state index is 5.73. The summed E-state index contributed by atoms with van der Waals surface area (Å²) in [6, 6.07) is 9.99. The van der Waals surface area contributed by atoms with Crippen molar-refractivity contribution in [2.75, 3.05) is 11.9 Å². The van der Waals surface area contributed by atoms with Crippen molar-refractivity contribution in [3.8, 4) is 5.75 Å². The monoisotopic (exact) mass is 412 g/mol. The number of halogens is 2. The van der Waals surface area contributed by atoms with Gasteiger partial charge in [-0.1, -0.05) is 19.9 Å².